The Kier molecular flexibility index (Phi) is 2.44. The summed E-state index contributed by atoms with van der Waals surface area (Å²) in [5.41, 5.74) is -0.976. The fraction of sp³-hybridized carbons (Fsp3) is 0. The van der Waals surface area contributed by atoms with Gasteiger partial charge in [-0.2, -0.15) is 0 Å². The molecular formula is C7H4ClFO2. The molecule has 0 aliphatic carbocycles. The third kappa shape index (κ3) is 2.55. The Labute approximate surface area is 67.5 Å². The first kappa shape index (κ1) is 8.01. The van der Waals surface area contributed by atoms with Gasteiger partial charge in [-0.15, -0.1) is 0 Å². The van der Waals surface area contributed by atoms with E-state index in [0.29, 0.717) is 0 Å². The topological polar surface area (TPSA) is 26.3 Å². The van der Waals surface area contributed by atoms with Gasteiger partial charge in [-0.3, -0.25) is 0 Å². The summed E-state index contributed by atoms with van der Waals surface area (Å²) in [5.74, 6) is -0.370. The van der Waals surface area contributed by atoms with E-state index in [1.807, 2.05) is 0 Å². The van der Waals surface area contributed by atoms with Crippen LogP contribution in [0.25, 0.3) is 0 Å². The highest BCUT2D eigenvalue weighted by molar-refractivity contribution is 6.61. The van der Waals surface area contributed by atoms with E-state index >= 15 is 0 Å². The van der Waals surface area contributed by atoms with Gasteiger partial charge in [-0.05, 0) is 12.1 Å². The molecule has 1 aromatic carbocycles. The maximum absolute atomic E-state index is 12.4. The van der Waals surface area contributed by atoms with Crippen molar-refractivity contribution in [1.29, 1.82) is 0 Å². The van der Waals surface area contributed by atoms with E-state index in [9.17, 15) is 9.18 Å². The van der Waals surface area contributed by atoms with E-state index < -0.39 is 11.2 Å². The van der Waals surface area contributed by atoms with Crippen molar-refractivity contribution in [3.63, 3.8) is 0 Å². The third-order valence-electron chi connectivity index (χ3n) is 0.994. The number of hydrogen-bond acceptors (Lipinski definition) is 2. The zero-order valence-electron chi connectivity index (χ0n) is 5.38. The average molecular weight is 175 g/mol. The second-order valence-corrected chi connectivity index (χ2v) is 2.11. The van der Waals surface area contributed by atoms with Gasteiger partial charge >= 0.3 is 5.43 Å². The van der Waals surface area contributed by atoms with Gasteiger partial charge < -0.3 is 4.74 Å². The number of benzene rings is 1. The molecule has 0 amide bonds. The number of rotatable bonds is 1. The predicted octanol–water partition coefficient (Wildman–Crippen LogP) is 2.56. The lowest BCUT2D eigenvalue weighted by atomic mass is 10.3. The highest BCUT2D eigenvalue weighted by Crippen LogP contribution is 2.12. The molecule has 58 valence electrons. The van der Waals surface area contributed by atoms with Crippen molar-refractivity contribution < 1.29 is 13.9 Å². The molecule has 0 aliphatic rings. The lowest BCUT2D eigenvalue weighted by molar-refractivity contribution is 0.225. The molecule has 0 heterocycles. The molecule has 1 rings (SSSR count). The standard InChI is InChI=1S/C7H4ClFO2/c8-7(10)11-6-3-1-2-5(9)4-6/h1-4H. The molecule has 0 unspecified atom stereocenters. The van der Waals surface area contributed by atoms with E-state index in [1.165, 1.54) is 18.2 Å². The Balaban J connectivity index is 2.79. The van der Waals surface area contributed by atoms with E-state index in [2.05, 4.69) is 4.74 Å². The molecule has 0 aromatic heterocycles. The Morgan fingerprint density at radius 2 is 2.27 bits per heavy atom. The molecule has 0 aliphatic heterocycles. The fourth-order valence-corrected chi connectivity index (χ4v) is 0.712. The fourth-order valence-electron chi connectivity index (χ4n) is 0.623. The second kappa shape index (κ2) is 3.34. The Hall–Kier alpha value is -1.09. The van der Waals surface area contributed by atoms with Gasteiger partial charge in [0.1, 0.15) is 11.6 Å². The average Bonchev–Trinajstić information content (AvgIpc) is 1.85. The van der Waals surface area contributed by atoms with Crippen LogP contribution < -0.4 is 4.74 Å². The van der Waals surface area contributed by atoms with Crippen LogP contribution in [0.2, 0.25) is 0 Å². The summed E-state index contributed by atoms with van der Waals surface area (Å²) in [7, 11) is 0. The monoisotopic (exact) mass is 174 g/mol. The van der Waals surface area contributed by atoms with Crippen molar-refractivity contribution in [2.75, 3.05) is 0 Å². The largest absolute Gasteiger partial charge is 0.414 e. The summed E-state index contributed by atoms with van der Waals surface area (Å²) in [6, 6.07) is 5.17. The minimum Gasteiger partial charge on any atom is -0.414 e. The number of halogens is 2. The van der Waals surface area contributed by atoms with Crippen molar-refractivity contribution in [2.24, 2.45) is 0 Å². The van der Waals surface area contributed by atoms with Gasteiger partial charge in [0.05, 0.1) is 0 Å². The summed E-state index contributed by atoms with van der Waals surface area (Å²) < 4.78 is 16.8. The summed E-state index contributed by atoms with van der Waals surface area (Å²) in [5, 5.41) is 0. The zero-order chi connectivity index (χ0) is 8.27. The minimum absolute atomic E-state index is 0.102. The van der Waals surface area contributed by atoms with Crippen LogP contribution in [0.1, 0.15) is 0 Å². The van der Waals surface area contributed by atoms with Crippen LogP contribution in [0.4, 0.5) is 9.18 Å². The Morgan fingerprint density at radius 3 is 2.82 bits per heavy atom. The summed E-state index contributed by atoms with van der Waals surface area (Å²) >= 11 is 4.88. The highest BCUT2D eigenvalue weighted by Gasteiger charge is 1.99. The first-order valence-corrected chi connectivity index (χ1v) is 3.19. The van der Waals surface area contributed by atoms with E-state index in [4.69, 9.17) is 11.6 Å². The number of carbonyl (C=O) groups is 1. The third-order valence-corrected chi connectivity index (χ3v) is 1.07. The van der Waals surface area contributed by atoms with E-state index in [0.717, 1.165) is 6.07 Å². The predicted molar refractivity (Wildman–Crippen MR) is 38.3 cm³/mol. The van der Waals surface area contributed by atoms with Crippen LogP contribution in [0.5, 0.6) is 5.75 Å². The molecule has 0 spiro atoms. The first-order valence-electron chi connectivity index (χ1n) is 2.81. The van der Waals surface area contributed by atoms with Crippen molar-refractivity contribution in [3.05, 3.63) is 30.1 Å². The number of carbonyl (C=O) groups excluding carboxylic acids is 1. The SMILES string of the molecule is O=C(Cl)Oc1cccc(F)c1. The van der Waals surface area contributed by atoms with Crippen molar-refractivity contribution in [1.82, 2.24) is 0 Å². The molecule has 0 atom stereocenters. The van der Waals surface area contributed by atoms with Crippen molar-refractivity contribution >= 4 is 17.0 Å². The van der Waals surface area contributed by atoms with E-state index in [1.54, 1.807) is 0 Å². The van der Waals surface area contributed by atoms with E-state index in [-0.39, 0.29) is 5.75 Å². The normalized spacial score (nSPS) is 9.27. The second-order valence-electron chi connectivity index (χ2n) is 1.80. The molecule has 0 saturated carbocycles. The van der Waals surface area contributed by atoms with Crippen molar-refractivity contribution in [2.45, 2.75) is 0 Å². The van der Waals surface area contributed by atoms with Crippen LogP contribution >= 0.6 is 11.6 Å². The molecule has 4 heteroatoms. The number of hydrogen-bond donors (Lipinski definition) is 0. The smallest absolute Gasteiger partial charge is 0.409 e. The lowest BCUT2D eigenvalue weighted by Crippen LogP contribution is -1.95. The van der Waals surface area contributed by atoms with Crippen LogP contribution in [-0.2, 0) is 0 Å². The zero-order valence-corrected chi connectivity index (χ0v) is 6.14. The summed E-state index contributed by atoms with van der Waals surface area (Å²) in [6.07, 6.45) is 0. The molecule has 0 radical (unpaired) electrons. The molecule has 0 saturated heterocycles. The molecule has 11 heavy (non-hydrogen) atoms. The van der Waals surface area contributed by atoms with Gasteiger partial charge in [0.2, 0.25) is 0 Å². The Morgan fingerprint density at radius 1 is 1.55 bits per heavy atom. The van der Waals surface area contributed by atoms with Crippen molar-refractivity contribution in [3.8, 4) is 5.75 Å². The van der Waals surface area contributed by atoms with Crippen LogP contribution in [0.15, 0.2) is 24.3 Å². The lowest BCUT2D eigenvalue weighted by Gasteiger charge is -1.97. The molecule has 2 nitrogen and oxygen atoms in total. The van der Waals surface area contributed by atoms with Gasteiger partial charge in [0.15, 0.2) is 0 Å². The minimum atomic E-state index is -0.976. The highest BCUT2D eigenvalue weighted by atomic mass is 35.5. The van der Waals surface area contributed by atoms with Crippen LogP contribution in [0, 0.1) is 5.82 Å². The van der Waals surface area contributed by atoms with Gasteiger partial charge in [-0.25, -0.2) is 9.18 Å². The first-order chi connectivity index (χ1) is 5.18. The van der Waals surface area contributed by atoms with Crippen LogP contribution in [0.3, 0.4) is 0 Å². The number of ether oxygens (including phenoxy) is 1. The maximum atomic E-state index is 12.4. The Bertz CT molecular complexity index is 275. The van der Waals surface area contributed by atoms with Crippen LogP contribution in [-0.4, -0.2) is 5.43 Å². The molecule has 0 fully saturated rings. The summed E-state index contributed by atoms with van der Waals surface area (Å²) in [6.45, 7) is 0. The maximum Gasteiger partial charge on any atom is 0.409 e. The molecule has 1 aromatic rings. The molecular weight excluding hydrogens is 171 g/mol. The summed E-state index contributed by atoms with van der Waals surface area (Å²) in [4.78, 5) is 10.1. The molecule has 0 N–H and O–H groups in total. The quantitative estimate of drug-likeness (QED) is 0.612. The van der Waals surface area contributed by atoms with Gasteiger partial charge in [0.25, 0.3) is 0 Å². The van der Waals surface area contributed by atoms with Gasteiger partial charge in [0, 0.05) is 17.7 Å². The van der Waals surface area contributed by atoms with Gasteiger partial charge in [-0.1, -0.05) is 6.07 Å². The molecule has 0 bridgehead atoms.